The van der Waals surface area contributed by atoms with E-state index in [0.717, 1.165) is 17.9 Å². The van der Waals surface area contributed by atoms with Crippen LogP contribution in [0.4, 0.5) is 0 Å². The Balaban J connectivity index is 2.06. The highest BCUT2D eigenvalue weighted by Gasteiger charge is 2.24. The van der Waals surface area contributed by atoms with E-state index in [9.17, 15) is 5.11 Å². The fourth-order valence-electron chi connectivity index (χ4n) is 2.17. The molecular formula is C13H18ClNO. The van der Waals surface area contributed by atoms with Crippen LogP contribution in [0, 0.1) is 0 Å². The van der Waals surface area contributed by atoms with Gasteiger partial charge in [0.25, 0.3) is 0 Å². The number of aryl methyl sites for hydroxylation is 1. The maximum atomic E-state index is 9.69. The molecule has 2 N–H and O–H groups in total. The van der Waals surface area contributed by atoms with Crippen molar-refractivity contribution in [3.8, 4) is 0 Å². The number of halogens is 1. The first-order chi connectivity index (χ1) is 7.46. The number of rotatable bonds is 3. The fraction of sp³-hybridized carbons (Fsp3) is 0.538. The highest BCUT2D eigenvalue weighted by molar-refractivity contribution is 6.30. The molecule has 88 valence electrons. The van der Waals surface area contributed by atoms with Gasteiger partial charge in [-0.15, -0.1) is 0 Å². The maximum absolute atomic E-state index is 9.69. The monoisotopic (exact) mass is 239 g/mol. The van der Waals surface area contributed by atoms with Gasteiger partial charge in [-0.05, 0) is 49.9 Å². The second kappa shape index (κ2) is 4.36. The van der Waals surface area contributed by atoms with E-state index in [4.69, 9.17) is 11.6 Å². The smallest absolute Gasteiger partial charge is 0.0715 e. The number of benzene rings is 1. The zero-order valence-corrected chi connectivity index (χ0v) is 10.5. The summed E-state index contributed by atoms with van der Waals surface area (Å²) in [7, 11) is 0. The summed E-state index contributed by atoms with van der Waals surface area (Å²) >= 11 is 5.96. The first-order valence-corrected chi connectivity index (χ1v) is 6.07. The van der Waals surface area contributed by atoms with Crippen molar-refractivity contribution in [3.63, 3.8) is 0 Å². The number of hydrogen-bond acceptors (Lipinski definition) is 2. The van der Waals surface area contributed by atoms with Crippen molar-refractivity contribution in [3.05, 3.63) is 34.3 Å². The average molecular weight is 240 g/mol. The first-order valence-electron chi connectivity index (χ1n) is 5.70. The van der Waals surface area contributed by atoms with Crippen LogP contribution in [0.15, 0.2) is 18.2 Å². The van der Waals surface area contributed by atoms with Crippen LogP contribution in [0.5, 0.6) is 0 Å². The van der Waals surface area contributed by atoms with Crippen molar-refractivity contribution in [2.24, 2.45) is 0 Å². The molecule has 0 fully saturated rings. The molecule has 16 heavy (non-hydrogen) atoms. The molecular weight excluding hydrogens is 222 g/mol. The van der Waals surface area contributed by atoms with Crippen LogP contribution < -0.4 is 5.32 Å². The molecule has 0 saturated carbocycles. The molecule has 0 bridgehead atoms. The molecule has 1 atom stereocenters. The van der Waals surface area contributed by atoms with Crippen LogP contribution in [0.3, 0.4) is 0 Å². The molecule has 0 aromatic heterocycles. The zero-order chi connectivity index (χ0) is 11.8. The highest BCUT2D eigenvalue weighted by atomic mass is 35.5. The minimum absolute atomic E-state index is 0.360. The second-order valence-corrected chi connectivity index (χ2v) is 5.56. The number of aliphatic hydroxyl groups is 1. The van der Waals surface area contributed by atoms with Crippen LogP contribution in [0.25, 0.3) is 0 Å². The quantitative estimate of drug-likeness (QED) is 0.850. The van der Waals surface area contributed by atoms with Gasteiger partial charge in [0.1, 0.15) is 0 Å². The zero-order valence-electron chi connectivity index (χ0n) is 9.76. The Morgan fingerprint density at radius 3 is 2.94 bits per heavy atom. The van der Waals surface area contributed by atoms with E-state index in [2.05, 4.69) is 11.4 Å². The fourth-order valence-corrected chi connectivity index (χ4v) is 2.37. The van der Waals surface area contributed by atoms with Crippen LogP contribution in [-0.4, -0.2) is 17.3 Å². The van der Waals surface area contributed by atoms with Gasteiger partial charge in [-0.3, -0.25) is 0 Å². The second-order valence-electron chi connectivity index (χ2n) is 5.13. The molecule has 0 aliphatic heterocycles. The van der Waals surface area contributed by atoms with Gasteiger partial charge >= 0.3 is 0 Å². The summed E-state index contributed by atoms with van der Waals surface area (Å²) in [4.78, 5) is 0. The van der Waals surface area contributed by atoms with Crippen LogP contribution >= 0.6 is 11.6 Å². The van der Waals surface area contributed by atoms with Gasteiger partial charge < -0.3 is 10.4 Å². The number of fused-ring (bicyclic) bond motifs is 1. The number of hydrogen-bond donors (Lipinski definition) is 2. The van der Waals surface area contributed by atoms with Gasteiger partial charge in [-0.25, -0.2) is 0 Å². The molecule has 1 unspecified atom stereocenters. The van der Waals surface area contributed by atoms with Gasteiger partial charge in [0.05, 0.1) is 5.60 Å². The highest BCUT2D eigenvalue weighted by Crippen LogP contribution is 2.32. The Kier molecular flexibility index (Phi) is 3.24. The standard InChI is InChI=1S/C13H18ClNO/c1-13(2,16)8-15-12-6-3-9-7-10(14)4-5-11(9)12/h4-5,7,12,15-16H,3,6,8H2,1-2H3. The van der Waals surface area contributed by atoms with Gasteiger partial charge in [0.15, 0.2) is 0 Å². The van der Waals surface area contributed by atoms with E-state index in [1.54, 1.807) is 0 Å². The lowest BCUT2D eigenvalue weighted by Gasteiger charge is -2.22. The number of nitrogens with one attached hydrogen (secondary N) is 1. The minimum atomic E-state index is -0.658. The molecule has 1 aliphatic carbocycles. The molecule has 2 rings (SSSR count). The Hall–Kier alpha value is -0.570. The Morgan fingerprint density at radius 2 is 2.25 bits per heavy atom. The van der Waals surface area contributed by atoms with Crippen molar-refractivity contribution in [1.29, 1.82) is 0 Å². The summed E-state index contributed by atoms with van der Waals surface area (Å²) in [6.45, 7) is 4.25. The third kappa shape index (κ3) is 2.76. The van der Waals surface area contributed by atoms with Crippen molar-refractivity contribution in [1.82, 2.24) is 5.32 Å². The van der Waals surface area contributed by atoms with Crippen LogP contribution in [0.2, 0.25) is 5.02 Å². The summed E-state index contributed by atoms with van der Waals surface area (Å²) in [5.41, 5.74) is 2.00. The summed E-state index contributed by atoms with van der Waals surface area (Å²) in [5, 5.41) is 13.9. The Labute approximate surface area is 102 Å². The molecule has 1 aromatic rings. The average Bonchev–Trinajstić information content (AvgIpc) is 2.56. The van der Waals surface area contributed by atoms with Gasteiger partial charge in [-0.2, -0.15) is 0 Å². The Bertz CT molecular complexity index is 384. The molecule has 0 radical (unpaired) electrons. The Morgan fingerprint density at radius 1 is 1.50 bits per heavy atom. The molecule has 1 aliphatic rings. The molecule has 3 heteroatoms. The normalized spacial score (nSPS) is 19.9. The molecule has 0 spiro atoms. The predicted molar refractivity (Wildman–Crippen MR) is 66.8 cm³/mol. The van der Waals surface area contributed by atoms with E-state index < -0.39 is 5.60 Å². The summed E-state index contributed by atoms with van der Waals surface area (Å²) in [5.74, 6) is 0. The molecule has 0 heterocycles. The topological polar surface area (TPSA) is 32.3 Å². The van der Waals surface area contributed by atoms with Gasteiger partial charge in [0, 0.05) is 17.6 Å². The van der Waals surface area contributed by atoms with Crippen molar-refractivity contribution >= 4 is 11.6 Å². The molecule has 2 nitrogen and oxygen atoms in total. The van der Waals surface area contributed by atoms with Crippen molar-refractivity contribution in [2.45, 2.75) is 38.3 Å². The van der Waals surface area contributed by atoms with Gasteiger partial charge in [-0.1, -0.05) is 17.7 Å². The van der Waals surface area contributed by atoms with Crippen LogP contribution in [-0.2, 0) is 6.42 Å². The predicted octanol–water partition coefficient (Wildman–Crippen LogP) is 2.69. The van der Waals surface area contributed by atoms with Crippen LogP contribution in [0.1, 0.15) is 37.4 Å². The lowest BCUT2D eigenvalue weighted by molar-refractivity contribution is 0.0764. The lowest BCUT2D eigenvalue weighted by Crippen LogP contribution is -2.36. The van der Waals surface area contributed by atoms with E-state index in [1.165, 1.54) is 11.1 Å². The molecule has 1 aromatic carbocycles. The largest absolute Gasteiger partial charge is 0.389 e. The third-order valence-corrected chi connectivity index (χ3v) is 3.20. The summed E-state index contributed by atoms with van der Waals surface area (Å²) in [6, 6.07) is 6.43. The SMILES string of the molecule is CC(C)(O)CNC1CCc2cc(Cl)ccc21. The van der Waals surface area contributed by atoms with E-state index >= 15 is 0 Å². The third-order valence-electron chi connectivity index (χ3n) is 2.96. The van der Waals surface area contributed by atoms with Crippen molar-refractivity contribution in [2.75, 3.05) is 6.54 Å². The van der Waals surface area contributed by atoms with Crippen molar-refractivity contribution < 1.29 is 5.11 Å². The lowest BCUT2D eigenvalue weighted by atomic mass is 10.1. The first kappa shape index (κ1) is 11.9. The van der Waals surface area contributed by atoms with E-state index in [1.807, 2.05) is 26.0 Å². The minimum Gasteiger partial charge on any atom is -0.389 e. The van der Waals surface area contributed by atoms with E-state index in [-0.39, 0.29) is 0 Å². The summed E-state index contributed by atoms with van der Waals surface area (Å²) < 4.78 is 0. The maximum Gasteiger partial charge on any atom is 0.0715 e. The van der Waals surface area contributed by atoms with E-state index in [0.29, 0.717) is 12.6 Å². The van der Waals surface area contributed by atoms with Gasteiger partial charge in [0.2, 0.25) is 0 Å². The molecule has 0 saturated heterocycles. The summed E-state index contributed by atoms with van der Waals surface area (Å²) in [6.07, 6.45) is 2.16. The molecule has 0 amide bonds.